The van der Waals surface area contributed by atoms with Gasteiger partial charge in [-0.25, -0.2) is 0 Å². The third kappa shape index (κ3) is 2.17. The number of aromatic nitrogens is 1. The molecule has 5 heteroatoms. The molecule has 0 radical (unpaired) electrons. The maximum Gasteiger partial charge on any atom is 0.233 e. The van der Waals surface area contributed by atoms with Crippen molar-refractivity contribution in [2.45, 2.75) is 12.5 Å². The van der Waals surface area contributed by atoms with Crippen molar-refractivity contribution in [3.63, 3.8) is 0 Å². The Morgan fingerprint density at radius 1 is 1.60 bits per heavy atom. The molecule has 5 nitrogen and oxygen atoms in total. The number of hydrogen-bond donors (Lipinski definition) is 1. The van der Waals surface area contributed by atoms with Crippen LogP contribution < -0.4 is 10.5 Å². The van der Waals surface area contributed by atoms with E-state index in [0.717, 1.165) is 6.42 Å². The molecular formula is C10H11N3O2. The Kier molecular flexibility index (Phi) is 2.70. The monoisotopic (exact) mass is 205 g/mol. The van der Waals surface area contributed by atoms with Crippen LogP contribution in [0.2, 0.25) is 0 Å². The molecule has 1 saturated heterocycles. The first-order chi connectivity index (χ1) is 7.29. The van der Waals surface area contributed by atoms with Gasteiger partial charge in [-0.15, -0.1) is 0 Å². The summed E-state index contributed by atoms with van der Waals surface area (Å²) in [7, 11) is 0. The number of anilines is 1. The molecule has 1 aromatic rings. The molecule has 2 rings (SSSR count). The highest BCUT2D eigenvalue weighted by molar-refractivity contribution is 5.44. The summed E-state index contributed by atoms with van der Waals surface area (Å²) in [6, 6.07) is 5.20. The number of ether oxygens (including phenoxy) is 2. The van der Waals surface area contributed by atoms with Crippen molar-refractivity contribution >= 4 is 5.82 Å². The fourth-order valence-electron chi connectivity index (χ4n) is 1.39. The van der Waals surface area contributed by atoms with Crippen LogP contribution >= 0.6 is 0 Å². The fraction of sp³-hybridized carbons (Fsp3) is 0.400. The summed E-state index contributed by atoms with van der Waals surface area (Å²) in [5.41, 5.74) is 5.92. The van der Waals surface area contributed by atoms with Gasteiger partial charge in [0.2, 0.25) is 5.88 Å². The molecule has 0 aliphatic carbocycles. The quantitative estimate of drug-likeness (QED) is 0.768. The Labute approximate surface area is 87.4 Å². The van der Waals surface area contributed by atoms with Gasteiger partial charge in [0.15, 0.2) is 0 Å². The van der Waals surface area contributed by atoms with Crippen LogP contribution in [0.25, 0.3) is 0 Å². The number of nitriles is 1. The number of nitrogen functional groups attached to an aromatic ring is 1. The van der Waals surface area contributed by atoms with Crippen LogP contribution in [0.1, 0.15) is 12.0 Å². The van der Waals surface area contributed by atoms with Crippen LogP contribution in [0, 0.1) is 11.3 Å². The summed E-state index contributed by atoms with van der Waals surface area (Å²) in [6.45, 7) is 1.23. The average Bonchev–Trinajstić information content (AvgIpc) is 2.71. The topological polar surface area (TPSA) is 81.2 Å². The minimum atomic E-state index is -0.0219. The van der Waals surface area contributed by atoms with E-state index >= 15 is 0 Å². The second-order valence-electron chi connectivity index (χ2n) is 3.30. The molecule has 1 aliphatic rings. The zero-order valence-corrected chi connectivity index (χ0v) is 8.14. The zero-order chi connectivity index (χ0) is 10.7. The van der Waals surface area contributed by atoms with E-state index in [4.69, 9.17) is 20.5 Å². The van der Waals surface area contributed by atoms with E-state index in [0.29, 0.717) is 30.5 Å². The molecule has 2 heterocycles. The van der Waals surface area contributed by atoms with Crippen molar-refractivity contribution in [3.8, 4) is 11.9 Å². The van der Waals surface area contributed by atoms with Crippen LogP contribution in [-0.2, 0) is 4.74 Å². The van der Waals surface area contributed by atoms with Crippen LogP contribution in [-0.4, -0.2) is 24.3 Å². The highest BCUT2D eigenvalue weighted by Gasteiger charge is 2.19. The summed E-state index contributed by atoms with van der Waals surface area (Å²) in [6.07, 6.45) is 0.799. The Morgan fingerprint density at radius 2 is 2.47 bits per heavy atom. The number of pyridine rings is 1. The highest BCUT2D eigenvalue weighted by Crippen LogP contribution is 2.20. The smallest absolute Gasteiger partial charge is 0.233 e. The van der Waals surface area contributed by atoms with Gasteiger partial charge in [0.25, 0.3) is 0 Å². The first-order valence-corrected chi connectivity index (χ1v) is 4.70. The molecule has 0 aromatic carbocycles. The number of nitrogens with zero attached hydrogens (tertiary/aromatic N) is 2. The average molecular weight is 205 g/mol. The summed E-state index contributed by atoms with van der Waals surface area (Å²) < 4.78 is 10.7. The maximum atomic E-state index is 8.84. The molecule has 1 aliphatic heterocycles. The predicted octanol–water partition coefficient (Wildman–Crippen LogP) is 0.703. The van der Waals surface area contributed by atoms with Gasteiger partial charge in [-0.2, -0.15) is 10.2 Å². The molecule has 1 fully saturated rings. The van der Waals surface area contributed by atoms with Crippen molar-refractivity contribution in [1.29, 1.82) is 5.26 Å². The van der Waals surface area contributed by atoms with Crippen LogP contribution in [0.15, 0.2) is 12.1 Å². The Hall–Kier alpha value is -1.80. The van der Waals surface area contributed by atoms with Gasteiger partial charge in [0.1, 0.15) is 23.6 Å². The molecule has 15 heavy (non-hydrogen) atoms. The zero-order valence-electron chi connectivity index (χ0n) is 8.14. The van der Waals surface area contributed by atoms with E-state index < -0.39 is 0 Å². The Morgan fingerprint density at radius 3 is 3.13 bits per heavy atom. The predicted molar refractivity (Wildman–Crippen MR) is 53.2 cm³/mol. The lowest BCUT2D eigenvalue weighted by atomic mass is 10.3. The lowest BCUT2D eigenvalue weighted by Crippen LogP contribution is -2.17. The summed E-state index contributed by atoms with van der Waals surface area (Å²) in [5.74, 6) is 0.649. The van der Waals surface area contributed by atoms with Crippen molar-refractivity contribution < 1.29 is 9.47 Å². The van der Waals surface area contributed by atoms with Gasteiger partial charge >= 0.3 is 0 Å². The molecule has 2 N–H and O–H groups in total. The van der Waals surface area contributed by atoms with Gasteiger partial charge in [0, 0.05) is 6.42 Å². The van der Waals surface area contributed by atoms with Crippen LogP contribution in [0.4, 0.5) is 5.82 Å². The second kappa shape index (κ2) is 4.15. The summed E-state index contributed by atoms with van der Waals surface area (Å²) in [4.78, 5) is 3.98. The number of hydrogen-bond acceptors (Lipinski definition) is 5. The number of rotatable bonds is 2. The second-order valence-corrected chi connectivity index (χ2v) is 3.30. The largest absolute Gasteiger partial charge is 0.471 e. The molecule has 0 spiro atoms. The summed E-state index contributed by atoms with van der Waals surface area (Å²) >= 11 is 0. The van der Waals surface area contributed by atoms with Gasteiger partial charge in [0.05, 0.1) is 13.2 Å². The Bertz CT molecular complexity index is 394. The molecule has 78 valence electrons. The van der Waals surface area contributed by atoms with E-state index in [1.807, 2.05) is 6.07 Å². The minimum absolute atomic E-state index is 0.0219. The van der Waals surface area contributed by atoms with Gasteiger partial charge in [-0.1, -0.05) is 0 Å². The minimum Gasteiger partial charge on any atom is -0.471 e. The van der Waals surface area contributed by atoms with Gasteiger partial charge in [-0.3, -0.25) is 0 Å². The molecule has 0 saturated carbocycles. The lowest BCUT2D eigenvalue weighted by molar-refractivity contribution is 0.138. The van der Waals surface area contributed by atoms with Gasteiger partial charge < -0.3 is 15.2 Å². The van der Waals surface area contributed by atoms with Crippen molar-refractivity contribution in [3.05, 3.63) is 17.7 Å². The third-order valence-corrected chi connectivity index (χ3v) is 2.17. The standard InChI is InChI=1S/C10H11N3O2/c11-5-7-1-2-9(12)13-10(7)15-8-3-4-14-6-8/h1-2,8H,3-4,6H2,(H2,12,13). The fourth-order valence-corrected chi connectivity index (χ4v) is 1.39. The first-order valence-electron chi connectivity index (χ1n) is 4.70. The Balaban J connectivity index is 2.18. The van der Waals surface area contributed by atoms with Crippen molar-refractivity contribution in [2.75, 3.05) is 18.9 Å². The van der Waals surface area contributed by atoms with Gasteiger partial charge in [-0.05, 0) is 12.1 Å². The normalized spacial score (nSPS) is 19.8. The van der Waals surface area contributed by atoms with Crippen LogP contribution in [0.3, 0.4) is 0 Å². The van der Waals surface area contributed by atoms with E-state index in [9.17, 15) is 0 Å². The number of nitrogens with two attached hydrogens (primary N) is 1. The van der Waals surface area contributed by atoms with E-state index in [2.05, 4.69) is 4.98 Å². The molecule has 1 aromatic heterocycles. The molecule has 1 atom stereocenters. The maximum absolute atomic E-state index is 8.84. The van der Waals surface area contributed by atoms with Crippen molar-refractivity contribution in [1.82, 2.24) is 4.98 Å². The molecular weight excluding hydrogens is 194 g/mol. The highest BCUT2D eigenvalue weighted by atomic mass is 16.5. The first kappa shape index (κ1) is 9.74. The van der Waals surface area contributed by atoms with E-state index in [1.54, 1.807) is 12.1 Å². The molecule has 0 bridgehead atoms. The SMILES string of the molecule is N#Cc1ccc(N)nc1OC1CCOC1. The molecule has 1 unspecified atom stereocenters. The molecule has 0 amide bonds. The van der Waals surface area contributed by atoms with E-state index in [1.165, 1.54) is 0 Å². The van der Waals surface area contributed by atoms with Crippen molar-refractivity contribution in [2.24, 2.45) is 0 Å². The van der Waals surface area contributed by atoms with E-state index in [-0.39, 0.29) is 6.10 Å². The lowest BCUT2D eigenvalue weighted by Gasteiger charge is -2.11. The van der Waals surface area contributed by atoms with Crippen LogP contribution in [0.5, 0.6) is 5.88 Å². The summed E-state index contributed by atoms with van der Waals surface area (Å²) in [5, 5.41) is 8.84. The third-order valence-electron chi connectivity index (χ3n) is 2.17.